The number of benzene rings is 2. The smallest absolute Gasteiger partial charge is 0.270 e. The van der Waals surface area contributed by atoms with Gasteiger partial charge in [-0.1, -0.05) is 11.6 Å². The molecule has 3 aromatic rings. The molecule has 1 aliphatic rings. The minimum absolute atomic E-state index is 0.0574. The second-order valence-corrected chi connectivity index (χ2v) is 7.11. The van der Waals surface area contributed by atoms with Crippen LogP contribution in [0.2, 0.25) is 5.02 Å². The van der Waals surface area contributed by atoms with Gasteiger partial charge in [-0.3, -0.25) is 0 Å². The first kappa shape index (κ1) is 17.7. The summed E-state index contributed by atoms with van der Waals surface area (Å²) in [6.45, 7) is 4.74. The van der Waals surface area contributed by atoms with Gasteiger partial charge in [-0.25, -0.2) is 0 Å². The van der Waals surface area contributed by atoms with Crippen LogP contribution in [0.1, 0.15) is 19.4 Å². The molecule has 4 rings (SSSR count). The number of hydrogen-bond donors (Lipinski definition) is 1. The largest absolute Gasteiger partial charge is 0.489 e. The first-order valence-electron chi connectivity index (χ1n) is 8.93. The molecule has 0 spiro atoms. The van der Waals surface area contributed by atoms with Crippen LogP contribution in [0.4, 0.5) is 17.3 Å². The zero-order valence-corrected chi connectivity index (χ0v) is 16.2. The summed E-state index contributed by atoms with van der Waals surface area (Å²) >= 11 is 6.32. The van der Waals surface area contributed by atoms with Gasteiger partial charge in [0.25, 0.3) is 11.8 Å². The maximum Gasteiger partial charge on any atom is 0.270 e. The third kappa shape index (κ3) is 3.45. The van der Waals surface area contributed by atoms with E-state index in [2.05, 4.69) is 32.5 Å². The van der Waals surface area contributed by atoms with E-state index in [1.807, 2.05) is 39.1 Å². The Labute approximate surface area is 163 Å². The topological polar surface area (TPSA) is 63.4 Å². The molecule has 0 amide bonds. The molecule has 7 heteroatoms. The van der Waals surface area contributed by atoms with Gasteiger partial charge in [-0.05, 0) is 67.4 Å². The number of hydrogen-bond acceptors (Lipinski definition) is 6. The number of aromatic nitrogens is 2. The molecule has 2 aromatic carbocycles. The molecule has 1 aromatic heterocycles. The molecule has 0 radical (unpaired) electrons. The Morgan fingerprint density at radius 1 is 1.22 bits per heavy atom. The van der Waals surface area contributed by atoms with Crippen molar-refractivity contribution in [3.05, 3.63) is 47.0 Å². The highest BCUT2D eigenvalue weighted by Crippen LogP contribution is 2.36. The molecular weight excluding hydrogens is 364 g/mol. The van der Waals surface area contributed by atoms with E-state index in [0.29, 0.717) is 22.6 Å². The summed E-state index contributed by atoms with van der Waals surface area (Å²) in [4.78, 5) is 6.64. The van der Waals surface area contributed by atoms with Gasteiger partial charge in [-0.2, -0.15) is 4.98 Å². The molecule has 0 aliphatic carbocycles. The van der Waals surface area contributed by atoms with Crippen molar-refractivity contribution in [2.45, 2.75) is 26.4 Å². The molecule has 0 unspecified atom stereocenters. The molecule has 1 aliphatic heterocycles. The van der Waals surface area contributed by atoms with Crippen LogP contribution in [0.5, 0.6) is 5.75 Å². The summed E-state index contributed by atoms with van der Waals surface area (Å²) in [6, 6.07) is 11.8. The minimum atomic E-state index is 0.0574. The minimum Gasteiger partial charge on any atom is -0.489 e. The van der Waals surface area contributed by atoms with Crippen molar-refractivity contribution in [2.75, 3.05) is 23.8 Å². The number of fused-ring (bicyclic) bond motifs is 1. The van der Waals surface area contributed by atoms with E-state index in [4.69, 9.17) is 20.9 Å². The molecule has 0 bridgehead atoms. The first-order chi connectivity index (χ1) is 13.0. The average Bonchev–Trinajstić information content (AvgIpc) is 3.29. The predicted molar refractivity (Wildman–Crippen MR) is 107 cm³/mol. The Balaban J connectivity index is 1.59. The second kappa shape index (κ2) is 7.12. The number of ether oxygens (including phenoxy) is 1. The Bertz CT molecular complexity index is 970. The van der Waals surface area contributed by atoms with E-state index in [-0.39, 0.29) is 6.10 Å². The lowest BCUT2D eigenvalue weighted by molar-refractivity contribution is 0.242. The summed E-state index contributed by atoms with van der Waals surface area (Å²) in [7, 11) is 1.92. The van der Waals surface area contributed by atoms with Crippen LogP contribution in [0.15, 0.2) is 40.9 Å². The second-order valence-electron chi connectivity index (χ2n) is 6.71. The summed E-state index contributed by atoms with van der Waals surface area (Å²) in [5.74, 6) is 1.63. The molecule has 27 heavy (non-hydrogen) atoms. The van der Waals surface area contributed by atoms with Crippen LogP contribution in [-0.4, -0.2) is 29.8 Å². The Hall–Kier alpha value is -2.73. The number of rotatable bonds is 5. The quantitative estimate of drug-likeness (QED) is 0.674. The number of anilines is 3. The summed E-state index contributed by atoms with van der Waals surface area (Å²) in [6.07, 6.45) is 1.00. The van der Waals surface area contributed by atoms with Crippen LogP contribution in [0.3, 0.4) is 0 Å². The van der Waals surface area contributed by atoms with Crippen LogP contribution in [0, 0.1) is 0 Å². The predicted octanol–water partition coefficient (Wildman–Crippen LogP) is 4.91. The van der Waals surface area contributed by atoms with E-state index in [0.717, 1.165) is 29.9 Å². The van der Waals surface area contributed by atoms with E-state index >= 15 is 0 Å². The molecule has 2 heterocycles. The molecule has 0 saturated carbocycles. The van der Waals surface area contributed by atoms with Gasteiger partial charge in [0.05, 0.1) is 11.1 Å². The highest BCUT2D eigenvalue weighted by Gasteiger charge is 2.25. The number of nitrogens with zero attached hydrogens (tertiary/aromatic N) is 3. The molecule has 0 fully saturated rings. The third-order valence-electron chi connectivity index (χ3n) is 4.46. The average molecular weight is 385 g/mol. The SMILES string of the molecule is CNc1ccc2c(c1)CCN2c1noc(-c2ccc(OC(C)C)c(Cl)c2)n1. The van der Waals surface area contributed by atoms with E-state index in [1.54, 1.807) is 6.07 Å². The van der Waals surface area contributed by atoms with Crippen LogP contribution in [-0.2, 0) is 6.42 Å². The summed E-state index contributed by atoms with van der Waals surface area (Å²) in [5, 5.41) is 7.85. The summed E-state index contributed by atoms with van der Waals surface area (Å²) in [5.41, 5.74) is 4.24. The van der Waals surface area contributed by atoms with Crippen molar-refractivity contribution in [3.8, 4) is 17.2 Å². The van der Waals surface area contributed by atoms with Crippen LogP contribution >= 0.6 is 11.6 Å². The standard InChI is InChI=1S/C20H21ClN4O2/c1-12(2)26-18-7-4-14(11-16(18)21)19-23-20(24-27-19)25-9-8-13-10-15(22-3)5-6-17(13)25/h4-7,10-12,22H,8-9H2,1-3H3. The Kier molecular flexibility index (Phi) is 4.66. The molecule has 1 N–H and O–H groups in total. The fourth-order valence-corrected chi connectivity index (χ4v) is 3.42. The summed E-state index contributed by atoms with van der Waals surface area (Å²) < 4.78 is 11.2. The van der Waals surface area contributed by atoms with Crippen molar-refractivity contribution in [1.29, 1.82) is 0 Å². The first-order valence-corrected chi connectivity index (χ1v) is 9.31. The van der Waals surface area contributed by atoms with E-state index in [1.165, 1.54) is 5.56 Å². The van der Waals surface area contributed by atoms with E-state index in [9.17, 15) is 0 Å². The highest BCUT2D eigenvalue weighted by atomic mass is 35.5. The maximum atomic E-state index is 6.32. The van der Waals surface area contributed by atoms with Crippen molar-refractivity contribution in [1.82, 2.24) is 10.1 Å². The fourth-order valence-electron chi connectivity index (χ4n) is 3.19. The van der Waals surface area contributed by atoms with Gasteiger partial charge in [0.15, 0.2) is 0 Å². The van der Waals surface area contributed by atoms with Crippen LogP contribution in [0.25, 0.3) is 11.5 Å². The highest BCUT2D eigenvalue weighted by molar-refractivity contribution is 6.32. The lowest BCUT2D eigenvalue weighted by Gasteiger charge is -2.14. The lowest BCUT2D eigenvalue weighted by Crippen LogP contribution is -2.14. The monoisotopic (exact) mass is 384 g/mol. The number of nitrogens with one attached hydrogen (secondary N) is 1. The molecule has 140 valence electrons. The molecule has 6 nitrogen and oxygen atoms in total. The van der Waals surface area contributed by atoms with Crippen LogP contribution < -0.4 is 15.0 Å². The zero-order valence-electron chi connectivity index (χ0n) is 15.5. The fraction of sp³-hybridized carbons (Fsp3) is 0.300. The normalized spacial score (nSPS) is 13.1. The van der Waals surface area contributed by atoms with Crippen molar-refractivity contribution in [3.63, 3.8) is 0 Å². The van der Waals surface area contributed by atoms with Gasteiger partial charge in [-0.15, -0.1) is 0 Å². The third-order valence-corrected chi connectivity index (χ3v) is 4.76. The lowest BCUT2D eigenvalue weighted by atomic mass is 10.1. The molecular formula is C20H21ClN4O2. The van der Waals surface area contributed by atoms with Crippen molar-refractivity contribution >= 4 is 28.9 Å². The van der Waals surface area contributed by atoms with E-state index < -0.39 is 0 Å². The number of halogens is 1. The van der Waals surface area contributed by atoms with Crippen molar-refractivity contribution in [2.24, 2.45) is 0 Å². The molecule has 0 atom stereocenters. The zero-order chi connectivity index (χ0) is 19.0. The van der Waals surface area contributed by atoms with Gasteiger partial charge in [0, 0.05) is 30.5 Å². The molecule has 0 saturated heterocycles. The van der Waals surface area contributed by atoms with Gasteiger partial charge in [0.2, 0.25) is 0 Å². The Morgan fingerprint density at radius 2 is 2.07 bits per heavy atom. The Morgan fingerprint density at radius 3 is 2.81 bits per heavy atom. The van der Waals surface area contributed by atoms with Gasteiger partial charge >= 0.3 is 0 Å². The van der Waals surface area contributed by atoms with Gasteiger partial charge in [0.1, 0.15) is 5.75 Å². The maximum absolute atomic E-state index is 6.32. The van der Waals surface area contributed by atoms with Crippen molar-refractivity contribution < 1.29 is 9.26 Å². The van der Waals surface area contributed by atoms with Gasteiger partial charge < -0.3 is 19.5 Å².